The third kappa shape index (κ3) is 5.60. The number of hydrogen-bond donors (Lipinski definition) is 1. The molecule has 1 N–H and O–H groups in total. The molecule has 0 spiro atoms. The van der Waals surface area contributed by atoms with Crippen molar-refractivity contribution >= 4 is 27.5 Å². The van der Waals surface area contributed by atoms with E-state index in [1.54, 1.807) is 0 Å². The molecule has 0 atom stereocenters. The number of ether oxygens (including phenoxy) is 1. The van der Waals surface area contributed by atoms with Gasteiger partial charge in [0.15, 0.2) is 0 Å². The van der Waals surface area contributed by atoms with E-state index in [1.807, 2.05) is 42.5 Å². The van der Waals surface area contributed by atoms with Gasteiger partial charge in [-0.1, -0.05) is 70.0 Å². The minimum atomic E-state index is 0.494. The summed E-state index contributed by atoms with van der Waals surface area (Å²) in [6, 6.07) is 24.2. The summed E-state index contributed by atoms with van der Waals surface area (Å²) < 4.78 is 7.06. The largest absolute Gasteiger partial charge is 0.489 e. The summed E-state index contributed by atoms with van der Waals surface area (Å²) in [5.41, 5.74) is 3.44. The molecule has 3 aromatic carbocycles. The van der Waals surface area contributed by atoms with Gasteiger partial charge in [-0.25, -0.2) is 0 Å². The maximum Gasteiger partial charge on any atom is 0.124 e. The fraction of sp³-hybridized carbons (Fsp3) is 0.143. The SMILES string of the molecule is Clc1cccc(COc2ccc(Br)cc2CNCc2ccccc2)c1. The Bertz CT molecular complexity index is 823. The fourth-order valence-electron chi connectivity index (χ4n) is 2.55. The fourth-order valence-corrected chi connectivity index (χ4v) is 3.17. The lowest BCUT2D eigenvalue weighted by atomic mass is 10.2. The highest BCUT2D eigenvalue weighted by Crippen LogP contribution is 2.24. The van der Waals surface area contributed by atoms with Gasteiger partial charge in [0.1, 0.15) is 12.4 Å². The van der Waals surface area contributed by atoms with E-state index >= 15 is 0 Å². The van der Waals surface area contributed by atoms with E-state index in [0.717, 1.165) is 39.5 Å². The van der Waals surface area contributed by atoms with Crippen LogP contribution in [-0.4, -0.2) is 0 Å². The van der Waals surface area contributed by atoms with E-state index in [0.29, 0.717) is 6.61 Å². The van der Waals surface area contributed by atoms with Gasteiger partial charge in [0, 0.05) is 28.1 Å². The van der Waals surface area contributed by atoms with E-state index < -0.39 is 0 Å². The molecule has 0 aliphatic rings. The second-order valence-electron chi connectivity index (χ2n) is 5.76. The van der Waals surface area contributed by atoms with Crippen LogP contribution < -0.4 is 10.1 Å². The average molecular weight is 417 g/mol. The monoisotopic (exact) mass is 415 g/mol. The van der Waals surface area contributed by atoms with Crippen molar-refractivity contribution in [3.8, 4) is 5.75 Å². The smallest absolute Gasteiger partial charge is 0.124 e. The predicted molar refractivity (Wildman–Crippen MR) is 107 cm³/mol. The van der Waals surface area contributed by atoms with Crippen LogP contribution in [0.2, 0.25) is 5.02 Å². The molecule has 3 rings (SSSR count). The Morgan fingerprint density at radius 2 is 1.64 bits per heavy atom. The van der Waals surface area contributed by atoms with Gasteiger partial charge < -0.3 is 10.1 Å². The van der Waals surface area contributed by atoms with Crippen LogP contribution in [0.1, 0.15) is 16.7 Å². The normalized spacial score (nSPS) is 10.6. The summed E-state index contributed by atoms with van der Waals surface area (Å²) in [6.45, 7) is 2.05. The molecule has 0 bridgehead atoms. The number of rotatable bonds is 7. The summed E-state index contributed by atoms with van der Waals surface area (Å²) in [7, 11) is 0. The van der Waals surface area contributed by atoms with Gasteiger partial charge in [-0.3, -0.25) is 0 Å². The number of nitrogens with one attached hydrogen (secondary N) is 1. The number of benzene rings is 3. The zero-order chi connectivity index (χ0) is 17.5. The van der Waals surface area contributed by atoms with Crippen LogP contribution in [-0.2, 0) is 19.7 Å². The Hall–Kier alpha value is -1.81. The van der Waals surface area contributed by atoms with Gasteiger partial charge in [0.25, 0.3) is 0 Å². The van der Waals surface area contributed by atoms with Crippen LogP contribution in [0.15, 0.2) is 77.3 Å². The first-order chi connectivity index (χ1) is 12.2. The van der Waals surface area contributed by atoms with Gasteiger partial charge >= 0.3 is 0 Å². The molecular weight excluding hydrogens is 398 g/mol. The van der Waals surface area contributed by atoms with E-state index in [9.17, 15) is 0 Å². The van der Waals surface area contributed by atoms with Gasteiger partial charge in [0.2, 0.25) is 0 Å². The van der Waals surface area contributed by atoms with Crippen molar-refractivity contribution < 1.29 is 4.74 Å². The third-order valence-corrected chi connectivity index (χ3v) is 4.52. The lowest BCUT2D eigenvalue weighted by molar-refractivity contribution is 0.302. The topological polar surface area (TPSA) is 21.3 Å². The summed E-state index contributed by atoms with van der Waals surface area (Å²) in [5.74, 6) is 0.878. The highest BCUT2D eigenvalue weighted by Gasteiger charge is 2.06. The molecule has 0 aliphatic carbocycles. The van der Waals surface area contributed by atoms with Crippen molar-refractivity contribution in [3.63, 3.8) is 0 Å². The Morgan fingerprint density at radius 3 is 2.44 bits per heavy atom. The molecule has 2 nitrogen and oxygen atoms in total. The molecule has 4 heteroatoms. The van der Waals surface area contributed by atoms with Gasteiger partial charge in [-0.2, -0.15) is 0 Å². The van der Waals surface area contributed by atoms with E-state index in [1.165, 1.54) is 5.56 Å². The lowest BCUT2D eigenvalue weighted by Gasteiger charge is -2.13. The molecule has 0 saturated heterocycles. The lowest BCUT2D eigenvalue weighted by Crippen LogP contribution is -2.13. The summed E-state index contributed by atoms with van der Waals surface area (Å²) in [4.78, 5) is 0. The second-order valence-corrected chi connectivity index (χ2v) is 7.11. The Morgan fingerprint density at radius 1 is 0.840 bits per heavy atom. The van der Waals surface area contributed by atoms with E-state index in [-0.39, 0.29) is 0 Å². The van der Waals surface area contributed by atoms with Crippen LogP contribution in [0.3, 0.4) is 0 Å². The van der Waals surface area contributed by atoms with Crippen LogP contribution in [0.5, 0.6) is 5.75 Å². The average Bonchev–Trinajstić information content (AvgIpc) is 2.62. The first-order valence-electron chi connectivity index (χ1n) is 8.11. The Balaban J connectivity index is 1.63. The first kappa shape index (κ1) is 18.0. The minimum absolute atomic E-state index is 0.494. The van der Waals surface area contributed by atoms with Crippen molar-refractivity contribution in [3.05, 3.63) is 99.0 Å². The van der Waals surface area contributed by atoms with Crippen LogP contribution in [0, 0.1) is 0 Å². The summed E-state index contributed by atoms with van der Waals surface area (Å²) in [5, 5.41) is 4.19. The maximum absolute atomic E-state index is 6.03. The van der Waals surface area contributed by atoms with E-state index in [2.05, 4.69) is 51.6 Å². The minimum Gasteiger partial charge on any atom is -0.489 e. The first-order valence-corrected chi connectivity index (χ1v) is 9.28. The van der Waals surface area contributed by atoms with Crippen LogP contribution in [0.25, 0.3) is 0 Å². The standard InChI is InChI=1S/C21H19BrClNO/c22-19-9-10-21(25-15-17-7-4-8-20(23)11-17)18(12-19)14-24-13-16-5-2-1-3-6-16/h1-12,24H,13-15H2. The van der Waals surface area contributed by atoms with Crippen molar-refractivity contribution in [1.29, 1.82) is 0 Å². The summed E-state index contributed by atoms with van der Waals surface area (Å²) >= 11 is 9.57. The molecule has 128 valence electrons. The molecule has 0 aromatic heterocycles. The second kappa shape index (κ2) is 9.04. The molecular formula is C21H19BrClNO. The third-order valence-electron chi connectivity index (χ3n) is 3.79. The molecule has 0 saturated carbocycles. The van der Waals surface area contributed by atoms with Crippen molar-refractivity contribution in [2.24, 2.45) is 0 Å². The zero-order valence-electron chi connectivity index (χ0n) is 13.7. The molecule has 25 heavy (non-hydrogen) atoms. The molecule has 0 amide bonds. The van der Waals surface area contributed by atoms with Crippen LogP contribution >= 0.6 is 27.5 Å². The maximum atomic E-state index is 6.03. The van der Waals surface area contributed by atoms with Crippen molar-refractivity contribution in [2.75, 3.05) is 0 Å². The number of halogens is 2. The molecule has 0 unspecified atom stereocenters. The Labute approximate surface area is 161 Å². The van der Waals surface area contributed by atoms with Gasteiger partial charge in [-0.15, -0.1) is 0 Å². The molecule has 3 aromatic rings. The molecule has 0 aliphatic heterocycles. The Kier molecular flexibility index (Phi) is 6.51. The highest BCUT2D eigenvalue weighted by atomic mass is 79.9. The predicted octanol–water partition coefficient (Wildman–Crippen LogP) is 5.97. The molecule has 0 fully saturated rings. The van der Waals surface area contributed by atoms with Crippen LogP contribution in [0.4, 0.5) is 0 Å². The summed E-state index contributed by atoms with van der Waals surface area (Å²) in [6.07, 6.45) is 0. The van der Waals surface area contributed by atoms with Crippen molar-refractivity contribution in [1.82, 2.24) is 5.32 Å². The highest BCUT2D eigenvalue weighted by molar-refractivity contribution is 9.10. The van der Waals surface area contributed by atoms with Crippen molar-refractivity contribution in [2.45, 2.75) is 19.7 Å². The molecule has 0 heterocycles. The van der Waals surface area contributed by atoms with Gasteiger partial charge in [-0.05, 0) is 41.5 Å². The molecule has 0 radical (unpaired) electrons. The zero-order valence-corrected chi connectivity index (χ0v) is 16.1. The quantitative estimate of drug-likeness (QED) is 0.512. The number of hydrogen-bond acceptors (Lipinski definition) is 2. The van der Waals surface area contributed by atoms with E-state index in [4.69, 9.17) is 16.3 Å². The van der Waals surface area contributed by atoms with Gasteiger partial charge in [0.05, 0.1) is 0 Å².